The smallest absolute Gasteiger partial charge is 0.00160 e. The van der Waals surface area contributed by atoms with Crippen LogP contribution in [0, 0.1) is 0 Å². The van der Waals surface area contributed by atoms with Crippen LogP contribution in [0.15, 0.2) is 66.7 Å². The van der Waals surface area contributed by atoms with Crippen molar-refractivity contribution in [2.75, 3.05) is 19.6 Å². The summed E-state index contributed by atoms with van der Waals surface area (Å²) in [6.45, 7) is 7.81. The van der Waals surface area contributed by atoms with Gasteiger partial charge >= 0.3 is 0 Å². The van der Waals surface area contributed by atoms with Gasteiger partial charge in [-0.3, -0.25) is 0 Å². The van der Waals surface area contributed by atoms with Crippen LogP contribution in [-0.4, -0.2) is 24.5 Å². The summed E-state index contributed by atoms with van der Waals surface area (Å²) in [6, 6.07) is 21.3. The van der Waals surface area contributed by atoms with Crippen molar-refractivity contribution in [3.8, 4) is 0 Å². The van der Waals surface area contributed by atoms with Gasteiger partial charge in [0.05, 0.1) is 0 Å². The molecule has 0 fully saturated rings. The summed E-state index contributed by atoms with van der Waals surface area (Å²) in [5, 5.41) is 0. The van der Waals surface area contributed by atoms with E-state index in [1.54, 1.807) is 0 Å². The third-order valence-electron chi connectivity index (χ3n) is 3.86. The van der Waals surface area contributed by atoms with E-state index in [-0.39, 0.29) is 0 Å². The molecule has 0 N–H and O–H groups in total. The van der Waals surface area contributed by atoms with Crippen molar-refractivity contribution in [3.05, 3.63) is 77.9 Å². The van der Waals surface area contributed by atoms with Gasteiger partial charge in [0.1, 0.15) is 0 Å². The fourth-order valence-electron chi connectivity index (χ4n) is 2.57. The topological polar surface area (TPSA) is 3.24 Å². The molecular weight excluding hydrogens is 254 g/mol. The maximum Gasteiger partial charge on any atom is 0.00160 e. The molecule has 2 aromatic rings. The van der Waals surface area contributed by atoms with E-state index in [1.165, 1.54) is 16.7 Å². The molecule has 1 nitrogen and oxygen atoms in total. The van der Waals surface area contributed by atoms with Gasteiger partial charge in [-0.25, -0.2) is 0 Å². The molecule has 0 aliphatic carbocycles. The van der Waals surface area contributed by atoms with Crippen LogP contribution in [0.5, 0.6) is 0 Å². The Labute approximate surface area is 128 Å². The van der Waals surface area contributed by atoms with Gasteiger partial charge in [-0.15, -0.1) is 0 Å². The van der Waals surface area contributed by atoms with Crippen LogP contribution in [0.3, 0.4) is 0 Å². The molecule has 0 aromatic heterocycles. The molecule has 0 unspecified atom stereocenters. The number of benzene rings is 2. The Bertz CT molecular complexity index is 497. The fourth-order valence-corrected chi connectivity index (χ4v) is 2.57. The van der Waals surface area contributed by atoms with Gasteiger partial charge in [0, 0.05) is 6.54 Å². The molecule has 0 amide bonds. The van der Waals surface area contributed by atoms with Crippen LogP contribution in [0.1, 0.15) is 31.4 Å². The molecule has 0 spiro atoms. The quantitative estimate of drug-likeness (QED) is 0.700. The van der Waals surface area contributed by atoms with E-state index in [2.05, 4.69) is 85.5 Å². The average molecular weight is 279 g/mol. The Morgan fingerprint density at radius 2 is 1.29 bits per heavy atom. The first kappa shape index (κ1) is 15.5. The zero-order valence-electron chi connectivity index (χ0n) is 13.1. The Hall–Kier alpha value is -1.86. The molecular formula is C20H25N. The fraction of sp³-hybridized carbons (Fsp3) is 0.300. The third kappa shape index (κ3) is 4.57. The van der Waals surface area contributed by atoms with Gasteiger partial charge in [0.25, 0.3) is 0 Å². The predicted octanol–water partition coefficient (Wildman–Crippen LogP) is 4.85. The largest absolute Gasteiger partial charge is 0.304 e. The summed E-state index contributed by atoms with van der Waals surface area (Å²) in [4.78, 5) is 2.46. The normalized spacial score (nSPS) is 10.6. The zero-order chi connectivity index (χ0) is 14.9. The van der Waals surface area contributed by atoms with Gasteiger partial charge < -0.3 is 4.90 Å². The third-order valence-corrected chi connectivity index (χ3v) is 3.86. The van der Waals surface area contributed by atoms with E-state index >= 15 is 0 Å². The van der Waals surface area contributed by atoms with Crippen molar-refractivity contribution >= 4 is 5.57 Å². The zero-order valence-corrected chi connectivity index (χ0v) is 13.1. The lowest BCUT2D eigenvalue weighted by Gasteiger charge is -2.17. The molecule has 0 aliphatic rings. The maximum atomic E-state index is 2.46. The molecule has 0 aliphatic heterocycles. The van der Waals surface area contributed by atoms with E-state index in [4.69, 9.17) is 0 Å². The second-order valence-electron chi connectivity index (χ2n) is 5.17. The minimum Gasteiger partial charge on any atom is -0.304 e. The summed E-state index contributed by atoms with van der Waals surface area (Å²) in [5.74, 6) is 0. The van der Waals surface area contributed by atoms with E-state index in [9.17, 15) is 0 Å². The van der Waals surface area contributed by atoms with Crippen molar-refractivity contribution < 1.29 is 0 Å². The SMILES string of the molecule is CCN(CC)CCC=C(c1ccccc1)c1ccccc1. The highest BCUT2D eigenvalue weighted by Gasteiger charge is 2.04. The van der Waals surface area contributed by atoms with E-state index in [1.807, 2.05) is 0 Å². The lowest BCUT2D eigenvalue weighted by atomic mass is 9.97. The van der Waals surface area contributed by atoms with Gasteiger partial charge in [-0.2, -0.15) is 0 Å². The van der Waals surface area contributed by atoms with Crippen LogP contribution in [0.2, 0.25) is 0 Å². The number of nitrogens with zero attached hydrogens (tertiary/aromatic N) is 1. The number of rotatable bonds is 7. The van der Waals surface area contributed by atoms with Crippen LogP contribution < -0.4 is 0 Å². The lowest BCUT2D eigenvalue weighted by molar-refractivity contribution is 0.310. The second-order valence-corrected chi connectivity index (χ2v) is 5.17. The standard InChI is InChI=1S/C20H25N/c1-3-21(4-2)17-11-16-20(18-12-7-5-8-13-18)19-14-9-6-10-15-19/h5-10,12-16H,3-4,11,17H2,1-2H3. The molecule has 110 valence electrons. The summed E-state index contributed by atoms with van der Waals surface area (Å²) in [7, 11) is 0. The monoisotopic (exact) mass is 279 g/mol. The van der Waals surface area contributed by atoms with Crippen molar-refractivity contribution in [2.24, 2.45) is 0 Å². The maximum absolute atomic E-state index is 2.46. The van der Waals surface area contributed by atoms with Gasteiger partial charge in [-0.05, 0) is 36.2 Å². The molecule has 0 bridgehead atoms. The second kappa shape index (κ2) is 8.43. The highest BCUT2D eigenvalue weighted by molar-refractivity contribution is 5.79. The van der Waals surface area contributed by atoms with Crippen molar-refractivity contribution in [3.63, 3.8) is 0 Å². The molecule has 21 heavy (non-hydrogen) atoms. The Balaban J connectivity index is 2.21. The van der Waals surface area contributed by atoms with Crippen LogP contribution in [0.25, 0.3) is 5.57 Å². The summed E-state index contributed by atoms with van der Waals surface area (Å²) in [6.07, 6.45) is 3.46. The Morgan fingerprint density at radius 1 is 0.810 bits per heavy atom. The van der Waals surface area contributed by atoms with E-state index < -0.39 is 0 Å². The molecule has 0 atom stereocenters. The first-order valence-electron chi connectivity index (χ1n) is 7.88. The molecule has 0 saturated heterocycles. The number of hydrogen-bond donors (Lipinski definition) is 0. The average Bonchev–Trinajstić information content (AvgIpc) is 2.57. The minimum atomic E-state index is 1.08. The Kier molecular flexibility index (Phi) is 6.23. The van der Waals surface area contributed by atoms with Crippen molar-refractivity contribution in [1.29, 1.82) is 0 Å². The van der Waals surface area contributed by atoms with E-state index in [0.29, 0.717) is 0 Å². The van der Waals surface area contributed by atoms with Crippen LogP contribution in [0.4, 0.5) is 0 Å². The van der Waals surface area contributed by atoms with Gasteiger partial charge in [-0.1, -0.05) is 80.6 Å². The molecule has 0 heterocycles. The first-order chi connectivity index (χ1) is 10.3. The number of hydrogen-bond acceptors (Lipinski definition) is 1. The highest BCUT2D eigenvalue weighted by atomic mass is 15.1. The van der Waals surface area contributed by atoms with Crippen molar-refractivity contribution in [2.45, 2.75) is 20.3 Å². The molecule has 2 aromatic carbocycles. The molecule has 0 radical (unpaired) electrons. The van der Waals surface area contributed by atoms with Gasteiger partial charge in [0.15, 0.2) is 0 Å². The Morgan fingerprint density at radius 3 is 1.71 bits per heavy atom. The highest BCUT2D eigenvalue weighted by Crippen LogP contribution is 2.23. The van der Waals surface area contributed by atoms with E-state index in [0.717, 1.165) is 26.1 Å². The van der Waals surface area contributed by atoms with Crippen molar-refractivity contribution in [1.82, 2.24) is 4.90 Å². The minimum absolute atomic E-state index is 1.08. The van der Waals surface area contributed by atoms with Gasteiger partial charge in [0.2, 0.25) is 0 Å². The lowest BCUT2D eigenvalue weighted by Crippen LogP contribution is -2.23. The summed E-state index contributed by atoms with van der Waals surface area (Å²) in [5.41, 5.74) is 3.93. The summed E-state index contributed by atoms with van der Waals surface area (Å²) < 4.78 is 0. The molecule has 2 rings (SSSR count). The molecule has 0 saturated carbocycles. The summed E-state index contributed by atoms with van der Waals surface area (Å²) >= 11 is 0. The van der Waals surface area contributed by atoms with Crippen LogP contribution >= 0.6 is 0 Å². The predicted molar refractivity (Wildman–Crippen MR) is 92.4 cm³/mol. The van der Waals surface area contributed by atoms with Crippen LogP contribution in [-0.2, 0) is 0 Å². The molecule has 1 heteroatoms. The first-order valence-corrected chi connectivity index (χ1v) is 7.88.